The van der Waals surface area contributed by atoms with Crippen LogP contribution in [0.4, 0.5) is 4.79 Å². The van der Waals surface area contributed by atoms with Crippen LogP contribution in [0.2, 0.25) is 0 Å². The molecule has 0 fully saturated rings. The predicted octanol–water partition coefficient (Wildman–Crippen LogP) is 3.96. The van der Waals surface area contributed by atoms with E-state index in [2.05, 4.69) is 57.1 Å². The molecule has 3 aromatic heterocycles. The average molecular weight is 513 g/mol. The third-order valence-electron chi connectivity index (χ3n) is 6.65. The first-order valence-electron chi connectivity index (χ1n) is 12.6. The molecule has 0 saturated heterocycles. The maximum Gasteiger partial charge on any atom is 0.327 e. The van der Waals surface area contributed by atoms with Gasteiger partial charge in [0, 0.05) is 53.4 Å². The van der Waals surface area contributed by atoms with Gasteiger partial charge in [0.2, 0.25) is 0 Å². The third kappa shape index (κ3) is 5.54. The molecule has 4 rings (SSSR count). The Kier molecular flexibility index (Phi) is 7.82. The number of rotatable bonds is 6. The highest BCUT2D eigenvalue weighted by Crippen LogP contribution is 2.30. The van der Waals surface area contributed by atoms with E-state index >= 15 is 0 Å². The maximum absolute atomic E-state index is 13.5. The summed E-state index contributed by atoms with van der Waals surface area (Å²) in [6, 6.07) is 5.54. The monoisotopic (exact) mass is 512 g/mol. The minimum Gasteiger partial charge on any atom is -0.348 e. The molecule has 2 amide bonds. The topological polar surface area (TPSA) is 114 Å². The summed E-state index contributed by atoms with van der Waals surface area (Å²) in [6.45, 7) is 10.2. The van der Waals surface area contributed by atoms with E-state index in [0.29, 0.717) is 16.7 Å². The maximum atomic E-state index is 13.5. The molecular weight excluding hydrogens is 480 g/mol. The van der Waals surface area contributed by atoms with Crippen LogP contribution in [0, 0.1) is 32.6 Å². The Morgan fingerprint density at radius 3 is 2.61 bits per heavy atom. The van der Waals surface area contributed by atoms with Crippen LogP contribution in [0.25, 0.3) is 10.9 Å². The van der Waals surface area contributed by atoms with Gasteiger partial charge in [0.05, 0.1) is 17.6 Å². The number of nitrogens with one attached hydrogen (secondary N) is 3. The molecule has 9 heteroatoms. The number of aryl methyl sites for hydroxylation is 3. The summed E-state index contributed by atoms with van der Waals surface area (Å²) in [5, 5.41) is 6.51. The van der Waals surface area contributed by atoms with Crippen molar-refractivity contribution in [3.8, 4) is 11.8 Å². The molecule has 38 heavy (non-hydrogen) atoms. The van der Waals surface area contributed by atoms with Crippen molar-refractivity contribution in [1.82, 2.24) is 29.7 Å². The van der Waals surface area contributed by atoms with E-state index in [0.717, 1.165) is 34.1 Å². The van der Waals surface area contributed by atoms with Gasteiger partial charge < -0.3 is 20.2 Å². The molecule has 196 valence electrons. The van der Waals surface area contributed by atoms with Crippen molar-refractivity contribution >= 4 is 22.8 Å². The number of aromatic nitrogens is 4. The molecule has 9 nitrogen and oxygen atoms in total. The fourth-order valence-electron chi connectivity index (χ4n) is 4.50. The number of hydrogen-bond acceptors (Lipinski definition) is 4. The average Bonchev–Trinajstić information content (AvgIpc) is 3.53. The molecule has 0 spiro atoms. The van der Waals surface area contributed by atoms with E-state index in [-0.39, 0.29) is 36.6 Å². The molecule has 0 saturated carbocycles. The van der Waals surface area contributed by atoms with Crippen molar-refractivity contribution in [2.24, 2.45) is 0 Å². The van der Waals surface area contributed by atoms with Crippen molar-refractivity contribution in [3.63, 3.8) is 0 Å². The van der Waals surface area contributed by atoms with Gasteiger partial charge in [-0.05, 0) is 63.4 Å². The summed E-state index contributed by atoms with van der Waals surface area (Å²) in [5.74, 6) is 5.78. The highest BCUT2D eigenvalue weighted by molar-refractivity contribution is 6.08. The Balaban J connectivity index is 1.66. The highest BCUT2D eigenvalue weighted by Gasteiger charge is 2.19. The van der Waals surface area contributed by atoms with Gasteiger partial charge in [0.15, 0.2) is 0 Å². The molecule has 0 aliphatic rings. The molecule has 0 radical (unpaired) electrons. The molecule has 3 heterocycles. The first-order valence-corrected chi connectivity index (χ1v) is 12.6. The number of H-pyrrole nitrogens is 1. The van der Waals surface area contributed by atoms with Gasteiger partial charge in [-0.25, -0.2) is 9.78 Å². The van der Waals surface area contributed by atoms with Crippen LogP contribution in [0.15, 0.2) is 47.9 Å². The predicted molar refractivity (Wildman–Crippen MR) is 147 cm³/mol. The summed E-state index contributed by atoms with van der Waals surface area (Å²) in [4.78, 5) is 44.7. The third-order valence-corrected chi connectivity index (χ3v) is 6.65. The zero-order chi connectivity index (χ0) is 27.4. The smallest absolute Gasteiger partial charge is 0.327 e. The molecule has 0 bridgehead atoms. The molecule has 4 aromatic rings. The Hall–Kier alpha value is -4.58. The second-order valence-electron chi connectivity index (χ2n) is 9.45. The Morgan fingerprint density at radius 1 is 1.13 bits per heavy atom. The molecule has 3 N–H and O–H groups in total. The number of carbonyl (C=O) groups is 2. The van der Waals surface area contributed by atoms with Gasteiger partial charge in [0.1, 0.15) is 6.33 Å². The quantitative estimate of drug-likeness (QED) is 0.339. The van der Waals surface area contributed by atoms with Crippen LogP contribution in [-0.2, 0) is 6.54 Å². The van der Waals surface area contributed by atoms with Crippen LogP contribution >= 0.6 is 0 Å². The van der Waals surface area contributed by atoms with Gasteiger partial charge in [-0.3, -0.25) is 14.2 Å². The van der Waals surface area contributed by atoms with Crippen molar-refractivity contribution in [1.29, 1.82) is 0 Å². The number of carbonyl (C=O) groups excluding carboxylic acids is 2. The van der Waals surface area contributed by atoms with Crippen molar-refractivity contribution < 1.29 is 9.59 Å². The van der Waals surface area contributed by atoms with Crippen molar-refractivity contribution in [2.75, 3.05) is 6.54 Å². The van der Waals surface area contributed by atoms with Crippen LogP contribution in [0.3, 0.4) is 0 Å². The summed E-state index contributed by atoms with van der Waals surface area (Å²) in [7, 11) is 0. The van der Waals surface area contributed by atoms with Crippen molar-refractivity contribution in [2.45, 2.75) is 53.6 Å². The highest BCUT2D eigenvalue weighted by atomic mass is 16.2. The van der Waals surface area contributed by atoms with E-state index in [1.165, 1.54) is 17.1 Å². The second kappa shape index (κ2) is 11.2. The van der Waals surface area contributed by atoms with Gasteiger partial charge in [0.25, 0.3) is 11.5 Å². The van der Waals surface area contributed by atoms with E-state index in [9.17, 15) is 14.4 Å². The van der Waals surface area contributed by atoms with Crippen LogP contribution < -0.4 is 16.2 Å². The van der Waals surface area contributed by atoms with Crippen LogP contribution in [0.1, 0.15) is 64.6 Å². The van der Waals surface area contributed by atoms with Gasteiger partial charge in [-0.15, -0.1) is 0 Å². The summed E-state index contributed by atoms with van der Waals surface area (Å²) in [6.07, 6.45) is 7.49. The Morgan fingerprint density at radius 2 is 1.92 bits per heavy atom. The molecular formula is C29H32N6O3. The zero-order valence-corrected chi connectivity index (χ0v) is 22.3. The standard InChI is InChI=1S/C29H32N6O3/c1-6-21(5)35-16-19(3)26-23(27(36)32-15-24-18(2)12-20(4)33-28(24)37)13-22(14-25(26)35)8-7-9-31-29(38)34-11-10-30-17-34/h10-14,16-17,21H,6,9,15H2,1-5H3,(H,31,38)(H,32,36)(H,33,37). The molecule has 1 unspecified atom stereocenters. The number of pyridine rings is 1. The SMILES string of the molecule is CCC(C)n1cc(C)c2c(C(=O)NCc3c(C)cc(C)[nH]c3=O)cc(C#CCNC(=O)n3ccnc3)cc21. The lowest BCUT2D eigenvalue weighted by Crippen LogP contribution is -2.28. The second-order valence-corrected chi connectivity index (χ2v) is 9.45. The summed E-state index contributed by atoms with van der Waals surface area (Å²) in [5.41, 5.74) is 4.99. The number of nitrogens with zero attached hydrogens (tertiary/aromatic N) is 3. The number of amides is 2. The zero-order valence-electron chi connectivity index (χ0n) is 22.3. The normalized spacial score (nSPS) is 11.6. The van der Waals surface area contributed by atoms with E-state index < -0.39 is 0 Å². The van der Waals surface area contributed by atoms with Crippen LogP contribution in [-0.4, -0.2) is 37.6 Å². The minimum atomic E-state index is -0.324. The van der Waals surface area contributed by atoms with Crippen molar-refractivity contribution in [3.05, 3.63) is 87.0 Å². The van der Waals surface area contributed by atoms with Gasteiger partial charge >= 0.3 is 6.03 Å². The lowest BCUT2D eigenvalue weighted by atomic mass is 10.0. The fourth-order valence-corrected chi connectivity index (χ4v) is 4.50. The molecule has 0 aliphatic heterocycles. The minimum absolute atomic E-state index is 0.114. The number of fused-ring (bicyclic) bond motifs is 1. The number of imidazole rings is 1. The first-order chi connectivity index (χ1) is 18.2. The van der Waals surface area contributed by atoms with Gasteiger partial charge in [-0.2, -0.15) is 0 Å². The van der Waals surface area contributed by atoms with E-state index in [1.807, 2.05) is 32.9 Å². The Labute approximate surface area is 221 Å². The summed E-state index contributed by atoms with van der Waals surface area (Å²) < 4.78 is 3.50. The lowest BCUT2D eigenvalue weighted by molar-refractivity contribution is 0.0952. The molecule has 1 aromatic carbocycles. The molecule has 0 aliphatic carbocycles. The van der Waals surface area contributed by atoms with E-state index in [1.54, 1.807) is 12.3 Å². The number of benzene rings is 1. The number of hydrogen-bond donors (Lipinski definition) is 3. The lowest BCUT2D eigenvalue weighted by Gasteiger charge is -2.14. The van der Waals surface area contributed by atoms with E-state index in [4.69, 9.17) is 0 Å². The largest absolute Gasteiger partial charge is 0.348 e. The summed E-state index contributed by atoms with van der Waals surface area (Å²) >= 11 is 0. The fraction of sp³-hybridized carbons (Fsp3) is 0.310. The number of aromatic amines is 1. The van der Waals surface area contributed by atoms with Crippen LogP contribution in [0.5, 0.6) is 0 Å². The Bertz CT molecular complexity index is 1620. The van der Waals surface area contributed by atoms with Gasteiger partial charge in [-0.1, -0.05) is 18.8 Å². The first kappa shape index (κ1) is 26.5. The molecule has 1 atom stereocenters.